The zero-order valence-corrected chi connectivity index (χ0v) is 22.1. The number of nitrogens with zero attached hydrogens (tertiary/aromatic N) is 4. The van der Waals surface area contributed by atoms with E-state index in [4.69, 9.17) is 10.5 Å². The fourth-order valence-electron chi connectivity index (χ4n) is 4.60. The average Bonchev–Trinajstić information content (AvgIpc) is 3.60. The highest BCUT2D eigenvalue weighted by Crippen LogP contribution is 2.25. The van der Waals surface area contributed by atoms with Gasteiger partial charge in [0.05, 0.1) is 12.0 Å². The zero-order chi connectivity index (χ0) is 29.4. The van der Waals surface area contributed by atoms with Crippen molar-refractivity contribution in [3.63, 3.8) is 0 Å². The van der Waals surface area contributed by atoms with Crippen molar-refractivity contribution >= 4 is 29.7 Å². The molecule has 2 aliphatic heterocycles. The number of hydrogen-bond acceptors (Lipinski definition) is 9. The number of aliphatic hydroxyl groups is 2. The summed E-state index contributed by atoms with van der Waals surface area (Å²) >= 11 is 0. The predicted octanol–water partition coefficient (Wildman–Crippen LogP) is 0.406. The number of aliphatic hydroxyl groups excluding tert-OH is 2. The van der Waals surface area contributed by atoms with E-state index in [1.165, 1.54) is 16.7 Å². The van der Waals surface area contributed by atoms with Gasteiger partial charge in [0.25, 0.3) is 11.8 Å². The van der Waals surface area contributed by atoms with Crippen molar-refractivity contribution in [2.24, 2.45) is 21.9 Å². The third kappa shape index (κ3) is 7.62. The molecule has 2 aliphatic rings. The summed E-state index contributed by atoms with van der Waals surface area (Å²) in [6, 6.07) is 5.24. The van der Waals surface area contributed by atoms with E-state index in [0.717, 1.165) is 5.56 Å². The quantitative estimate of drug-likeness (QED) is 0.233. The van der Waals surface area contributed by atoms with Crippen LogP contribution < -0.4 is 11.1 Å². The first-order valence-electron chi connectivity index (χ1n) is 12.9. The second kappa shape index (κ2) is 13.6. The number of ether oxygens (including phenoxy) is 1. The summed E-state index contributed by atoms with van der Waals surface area (Å²) in [4.78, 5) is 65.6. The summed E-state index contributed by atoms with van der Waals surface area (Å²) in [5.74, 6) is -4.03. The van der Waals surface area contributed by atoms with Crippen LogP contribution in [-0.2, 0) is 30.5 Å². The minimum absolute atomic E-state index is 0.0232. The van der Waals surface area contributed by atoms with E-state index in [1.807, 2.05) is 6.07 Å². The molecule has 0 radical (unpaired) electrons. The molecular formula is C26H34N6O8. The monoisotopic (exact) mass is 558 g/mol. The van der Waals surface area contributed by atoms with Crippen LogP contribution in [0.25, 0.3) is 0 Å². The van der Waals surface area contributed by atoms with Crippen LogP contribution in [0.1, 0.15) is 31.7 Å². The van der Waals surface area contributed by atoms with Gasteiger partial charge >= 0.3 is 6.09 Å². The van der Waals surface area contributed by atoms with E-state index in [9.17, 15) is 34.2 Å². The molecule has 0 aromatic heterocycles. The molecular weight excluding hydrogens is 524 g/mol. The summed E-state index contributed by atoms with van der Waals surface area (Å²) in [7, 11) is 0. The van der Waals surface area contributed by atoms with Crippen molar-refractivity contribution in [2.75, 3.05) is 19.6 Å². The first-order chi connectivity index (χ1) is 19.0. The standard InChI is InChI=1S/C26H34N6O8/c1-15(33)20(22(27)35)29-30-23(36)18-10-12-31(13-18)24(37)19-9-6-11-32(19)25(38)21(16(2)34)28-26(39)40-14-17-7-4-3-5-8-17/h3-5,7-8,16,18-21,33-34H,1,6,9-14H2,2H3,(H2,27,35)(H,28,39)/t16-,18-,19+,20+,21+/m1/s1. The van der Waals surface area contributed by atoms with Crippen molar-refractivity contribution in [1.82, 2.24) is 15.1 Å². The third-order valence-electron chi connectivity index (χ3n) is 6.76. The number of nitrogens with two attached hydrogens (primary N) is 1. The number of likely N-dealkylation sites (tertiary alicyclic amines) is 2. The molecule has 0 saturated carbocycles. The lowest BCUT2D eigenvalue weighted by molar-refractivity contribution is -0.145. The second-order valence-corrected chi connectivity index (χ2v) is 9.73. The third-order valence-corrected chi connectivity index (χ3v) is 6.76. The van der Waals surface area contributed by atoms with E-state index in [1.54, 1.807) is 24.3 Å². The maximum Gasteiger partial charge on any atom is 0.408 e. The number of amides is 5. The van der Waals surface area contributed by atoms with Crippen molar-refractivity contribution in [2.45, 2.75) is 57.0 Å². The van der Waals surface area contributed by atoms with E-state index >= 15 is 0 Å². The molecule has 2 fully saturated rings. The SMILES string of the molecule is C=C(O)[C@H](N=NC(=O)[C@@H]1CCN(C(=O)[C@@H]2CCCN2C(=O)[C@@H](NC(=O)OCc2ccccc2)[C@@H](C)O)C1)C(N)=O. The Balaban J connectivity index is 1.59. The Morgan fingerprint density at radius 1 is 1.18 bits per heavy atom. The first-order valence-corrected chi connectivity index (χ1v) is 12.9. The smallest absolute Gasteiger partial charge is 0.408 e. The van der Waals surface area contributed by atoms with Crippen molar-refractivity contribution in [3.05, 3.63) is 48.2 Å². The Kier molecular flexibility index (Phi) is 10.3. The minimum atomic E-state index is -1.55. The number of carbonyl (C=O) groups excluding carboxylic acids is 5. The first kappa shape index (κ1) is 30.2. The van der Waals surface area contributed by atoms with Gasteiger partial charge in [0.15, 0.2) is 0 Å². The van der Waals surface area contributed by atoms with Gasteiger partial charge in [-0.15, -0.1) is 5.11 Å². The van der Waals surface area contributed by atoms with Gasteiger partial charge in [-0.3, -0.25) is 19.2 Å². The summed E-state index contributed by atoms with van der Waals surface area (Å²) in [5.41, 5.74) is 5.84. The number of benzene rings is 1. The van der Waals surface area contributed by atoms with Gasteiger partial charge in [-0.2, -0.15) is 5.11 Å². The van der Waals surface area contributed by atoms with Gasteiger partial charge < -0.3 is 35.8 Å². The summed E-state index contributed by atoms with van der Waals surface area (Å²) in [6.45, 7) is 5.02. The highest BCUT2D eigenvalue weighted by molar-refractivity contribution is 5.93. The lowest BCUT2D eigenvalue weighted by Crippen LogP contribution is -2.57. The lowest BCUT2D eigenvalue weighted by Gasteiger charge is -2.31. The molecule has 1 aromatic rings. The van der Waals surface area contributed by atoms with E-state index in [2.05, 4.69) is 22.1 Å². The number of rotatable bonds is 10. The van der Waals surface area contributed by atoms with Gasteiger partial charge in [0.1, 0.15) is 24.4 Å². The molecule has 0 aliphatic carbocycles. The molecule has 14 heteroatoms. The van der Waals surface area contributed by atoms with Crippen LogP contribution in [0.2, 0.25) is 0 Å². The van der Waals surface area contributed by atoms with Gasteiger partial charge in [0.2, 0.25) is 17.9 Å². The number of nitrogens with one attached hydrogen (secondary N) is 1. The Morgan fingerprint density at radius 2 is 1.88 bits per heavy atom. The van der Waals surface area contributed by atoms with Crippen molar-refractivity contribution in [1.29, 1.82) is 0 Å². The van der Waals surface area contributed by atoms with E-state index in [0.29, 0.717) is 12.8 Å². The predicted molar refractivity (Wildman–Crippen MR) is 139 cm³/mol. The highest BCUT2D eigenvalue weighted by Gasteiger charge is 2.43. The Morgan fingerprint density at radius 3 is 2.50 bits per heavy atom. The Hall–Kier alpha value is -4.33. The summed E-state index contributed by atoms with van der Waals surface area (Å²) in [6.07, 6.45) is -0.938. The van der Waals surface area contributed by atoms with Crippen LogP contribution in [0, 0.1) is 5.92 Å². The van der Waals surface area contributed by atoms with Crippen LogP contribution >= 0.6 is 0 Å². The van der Waals surface area contributed by atoms with Crippen molar-refractivity contribution < 1.29 is 38.9 Å². The maximum atomic E-state index is 13.3. The Bertz CT molecular complexity index is 1140. The van der Waals surface area contributed by atoms with Crippen LogP contribution in [0.4, 0.5) is 4.79 Å². The number of azo groups is 1. The molecule has 5 atom stereocenters. The number of hydrogen-bond donors (Lipinski definition) is 4. The number of alkyl carbamates (subject to hydrolysis) is 1. The molecule has 1 aromatic carbocycles. The molecule has 2 heterocycles. The zero-order valence-electron chi connectivity index (χ0n) is 22.1. The van der Waals surface area contributed by atoms with Crippen LogP contribution in [0.3, 0.4) is 0 Å². The van der Waals surface area contributed by atoms with Gasteiger partial charge in [-0.25, -0.2) is 4.79 Å². The molecule has 40 heavy (non-hydrogen) atoms. The summed E-state index contributed by atoms with van der Waals surface area (Å²) < 4.78 is 5.17. The number of carbonyl (C=O) groups is 5. The highest BCUT2D eigenvalue weighted by atomic mass is 16.5. The van der Waals surface area contributed by atoms with Crippen LogP contribution in [-0.4, -0.2) is 93.6 Å². The van der Waals surface area contributed by atoms with E-state index in [-0.39, 0.29) is 38.6 Å². The molecule has 0 bridgehead atoms. The molecule has 14 nitrogen and oxygen atoms in total. The van der Waals surface area contributed by atoms with Crippen molar-refractivity contribution in [3.8, 4) is 0 Å². The topological polar surface area (TPSA) is 204 Å². The number of primary amides is 1. The molecule has 0 unspecified atom stereocenters. The minimum Gasteiger partial charge on any atom is -0.510 e. The maximum absolute atomic E-state index is 13.3. The normalized spacial score (nSPS) is 21.1. The van der Waals surface area contributed by atoms with Crippen LogP contribution in [0.15, 0.2) is 52.9 Å². The Labute approximate surface area is 230 Å². The molecule has 2 saturated heterocycles. The fraction of sp³-hybridized carbons (Fsp3) is 0.500. The lowest BCUT2D eigenvalue weighted by atomic mass is 10.1. The molecule has 216 valence electrons. The fourth-order valence-corrected chi connectivity index (χ4v) is 4.60. The summed E-state index contributed by atoms with van der Waals surface area (Å²) in [5, 5.41) is 29.0. The van der Waals surface area contributed by atoms with Gasteiger partial charge in [0, 0.05) is 19.6 Å². The molecule has 3 rings (SSSR count). The second-order valence-electron chi connectivity index (χ2n) is 9.73. The largest absolute Gasteiger partial charge is 0.510 e. The van der Waals surface area contributed by atoms with Gasteiger partial charge in [-0.05, 0) is 31.7 Å². The van der Waals surface area contributed by atoms with Crippen LogP contribution in [0.5, 0.6) is 0 Å². The molecule has 5 N–H and O–H groups in total. The average molecular weight is 559 g/mol. The molecule has 0 spiro atoms. The van der Waals surface area contributed by atoms with Gasteiger partial charge in [-0.1, -0.05) is 36.9 Å². The molecule has 5 amide bonds. The van der Waals surface area contributed by atoms with E-state index < -0.39 is 59.7 Å².